The Bertz CT molecular complexity index is 2310. The van der Waals surface area contributed by atoms with E-state index in [-0.39, 0.29) is 42.5 Å². The lowest BCUT2D eigenvalue weighted by molar-refractivity contribution is 0.0161. The highest BCUT2D eigenvalue weighted by Crippen LogP contribution is 2.34. The van der Waals surface area contributed by atoms with E-state index in [1.807, 2.05) is 74.2 Å². The Balaban J connectivity index is 0.953. The molecule has 0 bridgehead atoms. The first-order valence-electron chi connectivity index (χ1n) is 19.6. The number of hydrogen-bond donors (Lipinski definition) is 1. The van der Waals surface area contributed by atoms with E-state index < -0.39 is 5.60 Å². The summed E-state index contributed by atoms with van der Waals surface area (Å²) in [5.74, 6) is 0. The maximum absolute atomic E-state index is 13.3. The fourth-order valence-electron chi connectivity index (χ4n) is 8.28. The smallest absolute Gasteiger partial charge is 0.410 e. The number of H-pyrrole nitrogens is 1. The molecule has 10 heteroatoms. The Labute approximate surface area is 327 Å². The number of nitrogens with zero attached hydrogens (tertiary/aromatic N) is 4. The van der Waals surface area contributed by atoms with Crippen LogP contribution in [0.25, 0.3) is 33.2 Å². The van der Waals surface area contributed by atoms with E-state index in [1.165, 1.54) is 0 Å². The predicted molar refractivity (Wildman–Crippen MR) is 220 cm³/mol. The molecule has 5 aromatic rings. The van der Waals surface area contributed by atoms with Crippen LogP contribution in [-0.2, 0) is 16.1 Å². The van der Waals surface area contributed by atoms with E-state index >= 15 is 0 Å². The topological polar surface area (TPSA) is 108 Å². The first-order chi connectivity index (χ1) is 27.0. The number of likely N-dealkylation sites (N-methyl/N-ethyl adjacent to an activating group) is 1. The third-order valence-corrected chi connectivity index (χ3v) is 11.1. The van der Waals surface area contributed by atoms with Crippen molar-refractivity contribution in [3.8, 4) is 22.3 Å². The number of hydrogen-bond acceptors (Lipinski definition) is 7. The molecule has 0 saturated carbocycles. The van der Waals surface area contributed by atoms with Crippen molar-refractivity contribution in [2.24, 2.45) is 4.99 Å². The first kappa shape index (κ1) is 37.2. The monoisotopic (exact) mass is 751 g/mol. The number of benzene rings is 4. The quantitative estimate of drug-likeness (QED) is 0.178. The SMILES string of the molecule is CN1CC(c2ccc(-c3ccc(-c4ccc5c(=O)cc(C6CCCN6C(=O)OCc6ccccc6)[nH]c5c4)cc3)cc2)=NC1C1CCCN1C(=O)OC(C)(C)C. The third kappa shape index (κ3) is 7.84. The molecular formula is C46H49N5O5. The van der Waals surface area contributed by atoms with Crippen LogP contribution >= 0.6 is 0 Å². The van der Waals surface area contributed by atoms with E-state index in [4.69, 9.17) is 14.5 Å². The molecule has 0 aliphatic carbocycles. The van der Waals surface area contributed by atoms with Crippen molar-refractivity contribution in [3.63, 3.8) is 0 Å². The van der Waals surface area contributed by atoms with Crippen LogP contribution in [0.15, 0.2) is 113 Å². The summed E-state index contributed by atoms with van der Waals surface area (Å²) in [6, 6.07) is 33.8. The number of likely N-dealkylation sites (tertiary alicyclic amines) is 2. The Hall–Kier alpha value is -5.74. The van der Waals surface area contributed by atoms with Gasteiger partial charge in [-0.25, -0.2) is 9.59 Å². The third-order valence-electron chi connectivity index (χ3n) is 11.1. The van der Waals surface area contributed by atoms with Crippen LogP contribution in [0.1, 0.15) is 69.3 Å². The van der Waals surface area contributed by atoms with Crippen LogP contribution in [0.3, 0.4) is 0 Å². The molecule has 3 aliphatic heterocycles. The first-order valence-corrected chi connectivity index (χ1v) is 19.6. The van der Waals surface area contributed by atoms with Crippen molar-refractivity contribution in [2.45, 2.75) is 76.9 Å². The van der Waals surface area contributed by atoms with Crippen molar-refractivity contribution in [2.75, 3.05) is 26.7 Å². The minimum atomic E-state index is -0.535. The highest BCUT2D eigenvalue weighted by atomic mass is 16.6. The van der Waals surface area contributed by atoms with Crippen molar-refractivity contribution in [1.29, 1.82) is 0 Å². The van der Waals surface area contributed by atoms with Gasteiger partial charge in [-0.1, -0.05) is 84.9 Å². The second-order valence-electron chi connectivity index (χ2n) is 16.2. The van der Waals surface area contributed by atoms with Gasteiger partial charge in [-0.3, -0.25) is 19.6 Å². The standard InChI is InChI=1S/C46H49N5O5/c1-46(2,3)56-45(54)51-25-9-13-41(51)43-48-39(28-49(43)4)34-20-18-32(19-21-34)31-14-16-33(17-15-31)35-22-23-36-37(26-35)47-38(27-42(36)52)40-12-8-24-50(40)44(53)55-29-30-10-6-5-7-11-30/h5-7,10-11,14-23,26-27,40-41,43H,8-9,12-13,24-25,28-29H2,1-4H3,(H,47,52). The van der Waals surface area contributed by atoms with Crippen LogP contribution in [0, 0.1) is 0 Å². The normalized spacial score (nSPS) is 20.1. The average Bonchev–Trinajstić information content (AvgIpc) is 3.97. The number of rotatable bonds is 7. The number of aliphatic imine (C=N–C) groups is 1. The lowest BCUT2D eigenvalue weighted by atomic mass is 9.98. The summed E-state index contributed by atoms with van der Waals surface area (Å²) in [7, 11) is 2.07. The van der Waals surface area contributed by atoms with Crippen molar-refractivity contribution in [1.82, 2.24) is 19.7 Å². The van der Waals surface area contributed by atoms with Gasteiger partial charge in [0.2, 0.25) is 0 Å². The summed E-state index contributed by atoms with van der Waals surface area (Å²) in [6.45, 7) is 7.90. The average molecular weight is 752 g/mol. The Morgan fingerprint density at radius 2 is 1.39 bits per heavy atom. The lowest BCUT2D eigenvalue weighted by Crippen LogP contribution is -2.48. The van der Waals surface area contributed by atoms with Gasteiger partial charge in [-0.05, 0) is 99.0 Å². The summed E-state index contributed by atoms with van der Waals surface area (Å²) in [4.78, 5) is 53.8. The zero-order valence-electron chi connectivity index (χ0n) is 32.5. The van der Waals surface area contributed by atoms with Crippen LogP contribution in [-0.4, -0.2) is 82.1 Å². The van der Waals surface area contributed by atoms with Gasteiger partial charge in [0.1, 0.15) is 18.4 Å². The second-order valence-corrected chi connectivity index (χ2v) is 16.2. The largest absolute Gasteiger partial charge is 0.445 e. The van der Waals surface area contributed by atoms with Gasteiger partial charge in [0.15, 0.2) is 5.43 Å². The molecule has 1 N–H and O–H groups in total. The Morgan fingerprint density at radius 1 is 0.768 bits per heavy atom. The predicted octanol–water partition coefficient (Wildman–Crippen LogP) is 8.80. The molecule has 288 valence electrons. The van der Waals surface area contributed by atoms with Gasteiger partial charge >= 0.3 is 12.2 Å². The molecule has 2 fully saturated rings. The van der Waals surface area contributed by atoms with Gasteiger partial charge in [-0.2, -0.15) is 0 Å². The fraction of sp³-hybridized carbons (Fsp3) is 0.348. The maximum atomic E-state index is 13.3. The molecule has 4 aromatic carbocycles. The maximum Gasteiger partial charge on any atom is 0.410 e. The number of carbonyl (C=O) groups excluding carboxylic acids is 2. The van der Waals surface area contributed by atoms with Gasteiger partial charge in [0, 0.05) is 36.8 Å². The van der Waals surface area contributed by atoms with E-state index in [0.717, 1.165) is 82.5 Å². The lowest BCUT2D eigenvalue weighted by Gasteiger charge is -2.32. The minimum Gasteiger partial charge on any atom is -0.445 e. The highest BCUT2D eigenvalue weighted by Gasteiger charge is 2.41. The van der Waals surface area contributed by atoms with Crippen LogP contribution in [0.2, 0.25) is 0 Å². The van der Waals surface area contributed by atoms with Gasteiger partial charge < -0.3 is 19.4 Å². The molecule has 4 heterocycles. The second kappa shape index (κ2) is 15.4. The minimum absolute atomic E-state index is 0.00571. The molecule has 56 heavy (non-hydrogen) atoms. The summed E-state index contributed by atoms with van der Waals surface area (Å²) < 4.78 is 11.4. The molecule has 3 atom stereocenters. The molecule has 2 saturated heterocycles. The number of ether oxygens (including phenoxy) is 2. The zero-order valence-corrected chi connectivity index (χ0v) is 32.5. The van der Waals surface area contributed by atoms with Crippen LogP contribution < -0.4 is 5.43 Å². The van der Waals surface area contributed by atoms with Crippen molar-refractivity contribution < 1.29 is 19.1 Å². The van der Waals surface area contributed by atoms with Crippen molar-refractivity contribution in [3.05, 3.63) is 130 Å². The number of nitrogens with one attached hydrogen (secondary N) is 1. The number of aromatic amines is 1. The Morgan fingerprint density at radius 3 is 2.09 bits per heavy atom. The molecule has 8 rings (SSSR count). The summed E-state index contributed by atoms with van der Waals surface area (Å²) in [5.41, 5.74) is 8.11. The van der Waals surface area contributed by atoms with Crippen molar-refractivity contribution >= 4 is 28.8 Å². The molecule has 0 spiro atoms. The molecule has 0 radical (unpaired) electrons. The molecule has 10 nitrogen and oxygen atoms in total. The summed E-state index contributed by atoms with van der Waals surface area (Å²) >= 11 is 0. The van der Waals surface area contributed by atoms with Gasteiger partial charge in [-0.15, -0.1) is 0 Å². The number of carbonyl (C=O) groups is 2. The van der Waals surface area contributed by atoms with Gasteiger partial charge in [0.05, 0.1) is 23.3 Å². The molecule has 3 unspecified atom stereocenters. The Kier molecular flexibility index (Phi) is 10.2. The number of amides is 2. The molecule has 2 amide bonds. The molecular weight excluding hydrogens is 703 g/mol. The fourth-order valence-corrected chi connectivity index (χ4v) is 8.28. The number of aromatic nitrogens is 1. The number of fused-ring (bicyclic) bond motifs is 1. The van der Waals surface area contributed by atoms with E-state index in [0.29, 0.717) is 18.5 Å². The number of pyridine rings is 1. The summed E-state index contributed by atoms with van der Waals surface area (Å²) in [5, 5.41) is 0.610. The van der Waals surface area contributed by atoms with E-state index in [1.54, 1.807) is 11.0 Å². The highest BCUT2D eigenvalue weighted by molar-refractivity contribution is 6.03. The molecule has 3 aliphatic rings. The van der Waals surface area contributed by atoms with E-state index in [2.05, 4.69) is 65.5 Å². The van der Waals surface area contributed by atoms with Crippen LogP contribution in [0.5, 0.6) is 0 Å². The van der Waals surface area contributed by atoms with Crippen LogP contribution in [0.4, 0.5) is 9.59 Å². The van der Waals surface area contributed by atoms with Gasteiger partial charge in [0.25, 0.3) is 0 Å². The molecule has 1 aromatic heterocycles. The zero-order chi connectivity index (χ0) is 39.0. The summed E-state index contributed by atoms with van der Waals surface area (Å²) in [6.07, 6.45) is 2.71. The van der Waals surface area contributed by atoms with E-state index in [9.17, 15) is 14.4 Å².